The molecule has 0 heterocycles. The molecule has 0 aromatic heterocycles. The summed E-state index contributed by atoms with van der Waals surface area (Å²) in [7, 11) is 1.64. The van der Waals surface area contributed by atoms with Crippen LogP contribution in [0.3, 0.4) is 0 Å². The fourth-order valence-corrected chi connectivity index (χ4v) is 3.68. The van der Waals surface area contributed by atoms with Crippen molar-refractivity contribution in [3.63, 3.8) is 0 Å². The number of hydrogen-bond acceptors (Lipinski definition) is 2. The Morgan fingerprint density at radius 1 is 0.688 bits per heavy atom. The molecule has 1 atom stereocenters. The first-order valence-electron chi connectivity index (χ1n) is 10.6. The van der Waals surface area contributed by atoms with E-state index in [4.69, 9.17) is 4.74 Å². The first kappa shape index (κ1) is 21.1. The molecular formula is C29H25NO2. The minimum absolute atomic E-state index is 0.155. The smallest absolute Gasteiger partial charge is 0.245 e. The number of nitrogens with one attached hydrogen (secondary N) is 1. The molecule has 0 aliphatic rings. The zero-order valence-corrected chi connectivity index (χ0v) is 17.9. The van der Waals surface area contributed by atoms with E-state index in [1.165, 1.54) is 0 Å². The van der Waals surface area contributed by atoms with Crippen LogP contribution in [0.25, 0.3) is 5.57 Å². The molecule has 3 heteroatoms. The molecule has 0 spiro atoms. The van der Waals surface area contributed by atoms with E-state index in [0.717, 1.165) is 33.6 Å². The Hall–Kier alpha value is -4.11. The van der Waals surface area contributed by atoms with Gasteiger partial charge in [-0.05, 0) is 40.0 Å². The minimum Gasteiger partial charge on any atom is -0.497 e. The van der Waals surface area contributed by atoms with Crippen molar-refractivity contribution < 1.29 is 9.53 Å². The van der Waals surface area contributed by atoms with Crippen molar-refractivity contribution in [1.29, 1.82) is 0 Å². The average molecular weight is 420 g/mol. The van der Waals surface area contributed by atoms with Crippen molar-refractivity contribution in [2.75, 3.05) is 7.11 Å². The number of methoxy groups -OCH3 is 1. The van der Waals surface area contributed by atoms with Gasteiger partial charge in [0.15, 0.2) is 0 Å². The molecule has 0 bridgehead atoms. The van der Waals surface area contributed by atoms with Gasteiger partial charge < -0.3 is 10.1 Å². The van der Waals surface area contributed by atoms with E-state index in [2.05, 4.69) is 5.32 Å². The van der Waals surface area contributed by atoms with Crippen LogP contribution >= 0.6 is 0 Å². The van der Waals surface area contributed by atoms with Crippen molar-refractivity contribution in [3.8, 4) is 5.75 Å². The molecule has 1 amide bonds. The van der Waals surface area contributed by atoms with Gasteiger partial charge in [-0.15, -0.1) is 0 Å². The standard InChI is InChI=1S/C29H25NO2/c1-32-26-19-17-25(18-20-26)29(24-15-9-4-10-16-24)30-28(31)21-27(22-11-5-2-6-12-22)23-13-7-3-8-14-23/h2-21,29H,1H3,(H,30,31)/t29-/m0/s1. The molecule has 0 saturated heterocycles. The van der Waals surface area contributed by atoms with Crippen molar-refractivity contribution in [3.05, 3.63) is 144 Å². The molecule has 0 aliphatic heterocycles. The average Bonchev–Trinajstić information content (AvgIpc) is 2.87. The second-order valence-corrected chi connectivity index (χ2v) is 7.42. The van der Waals surface area contributed by atoms with Crippen LogP contribution in [0.2, 0.25) is 0 Å². The van der Waals surface area contributed by atoms with Crippen molar-refractivity contribution in [2.24, 2.45) is 0 Å². The molecule has 158 valence electrons. The summed E-state index contributed by atoms with van der Waals surface area (Å²) in [6, 6.07) is 37.4. The van der Waals surface area contributed by atoms with Crippen molar-refractivity contribution in [2.45, 2.75) is 6.04 Å². The van der Waals surface area contributed by atoms with Gasteiger partial charge in [0.2, 0.25) is 5.91 Å². The van der Waals surface area contributed by atoms with E-state index in [0.29, 0.717) is 0 Å². The van der Waals surface area contributed by atoms with Crippen LogP contribution in [-0.2, 0) is 4.79 Å². The summed E-state index contributed by atoms with van der Waals surface area (Å²) in [6.07, 6.45) is 1.68. The molecule has 0 aliphatic carbocycles. The molecular weight excluding hydrogens is 394 g/mol. The molecule has 0 fully saturated rings. The Morgan fingerprint density at radius 2 is 1.16 bits per heavy atom. The van der Waals surface area contributed by atoms with Crippen LogP contribution in [-0.4, -0.2) is 13.0 Å². The fourth-order valence-electron chi connectivity index (χ4n) is 3.68. The molecule has 4 aromatic rings. The van der Waals surface area contributed by atoms with E-state index >= 15 is 0 Å². The van der Waals surface area contributed by atoms with Crippen LogP contribution in [0, 0.1) is 0 Å². The van der Waals surface area contributed by atoms with Gasteiger partial charge in [-0.25, -0.2) is 0 Å². The first-order valence-corrected chi connectivity index (χ1v) is 10.6. The summed E-state index contributed by atoms with van der Waals surface area (Å²) in [4.78, 5) is 13.3. The predicted octanol–water partition coefficient (Wildman–Crippen LogP) is 6.03. The molecule has 1 N–H and O–H groups in total. The lowest BCUT2D eigenvalue weighted by molar-refractivity contribution is -0.116. The SMILES string of the molecule is COc1ccc([C@@H](NC(=O)C=C(c2ccccc2)c2ccccc2)c2ccccc2)cc1. The van der Waals surface area contributed by atoms with Crippen LogP contribution in [0.15, 0.2) is 121 Å². The van der Waals surface area contributed by atoms with Gasteiger partial charge in [0.05, 0.1) is 13.2 Å². The number of ether oxygens (including phenoxy) is 1. The largest absolute Gasteiger partial charge is 0.497 e. The van der Waals surface area contributed by atoms with Gasteiger partial charge in [0.25, 0.3) is 0 Å². The zero-order chi connectivity index (χ0) is 22.2. The number of benzene rings is 4. The maximum Gasteiger partial charge on any atom is 0.245 e. The van der Waals surface area contributed by atoms with E-state index in [1.807, 2.05) is 115 Å². The summed E-state index contributed by atoms with van der Waals surface area (Å²) in [6.45, 7) is 0. The molecule has 0 unspecified atom stereocenters. The lowest BCUT2D eigenvalue weighted by Crippen LogP contribution is -2.28. The predicted molar refractivity (Wildman–Crippen MR) is 129 cm³/mol. The minimum atomic E-state index is -0.279. The lowest BCUT2D eigenvalue weighted by atomic mass is 9.96. The van der Waals surface area contributed by atoms with Gasteiger partial charge in [0, 0.05) is 6.08 Å². The summed E-state index contributed by atoms with van der Waals surface area (Å²) in [5, 5.41) is 3.20. The van der Waals surface area contributed by atoms with E-state index < -0.39 is 0 Å². The topological polar surface area (TPSA) is 38.3 Å². The van der Waals surface area contributed by atoms with Gasteiger partial charge in [-0.2, -0.15) is 0 Å². The number of hydrogen-bond donors (Lipinski definition) is 1. The molecule has 0 saturated carbocycles. The molecule has 4 aromatic carbocycles. The van der Waals surface area contributed by atoms with Crippen molar-refractivity contribution in [1.82, 2.24) is 5.32 Å². The number of amides is 1. The Labute approximate surface area is 189 Å². The molecule has 0 radical (unpaired) electrons. The Kier molecular flexibility index (Phi) is 6.78. The molecule has 4 rings (SSSR count). The summed E-state index contributed by atoms with van der Waals surface area (Å²) in [5.41, 5.74) is 4.87. The first-order chi connectivity index (χ1) is 15.7. The van der Waals surface area contributed by atoms with Gasteiger partial charge in [-0.1, -0.05) is 103 Å². The maximum atomic E-state index is 13.3. The van der Waals surface area contributed by atoms with Crippen molar-refractivity contribution >= 4 is 11.5 Å². The highest BCUT2D eigenvalue weighted by Crippen LogP contribution is 2.26. The third-order valence-corrected chi connectivity index (χ3v) is 5.31. The van der Waals surface area contributed by atoms with E-state index in [1.54, 1.807) is 13.2 Å². The summed E-state index contributed by atoms with van der Waals surface area (Å²) >= 11 is 0. The highest BCUT2D eigenvalue weighted by Gasteiger charge is 2.17. The Morgan fingerprint density at radius 3 is 1.66 bits per heavy atom. The van der Waals surface area contributed by atoms with Crippen LogP contribution in [0.1, 0.15) is 28.3 Å². The second kappa shape index (κ2) is 10.3. The number of carbonyl (C=O) groups excluding carboxylic acids is 1. The normalized spacial score (nSPS) is 11.3. The van der Waals surface area contributed by atoms with Gasteiger partial charge >= 0.3 is 0 Å². The third-order valence-electron chi connectivity index (χ3n) is 5.31. The highest BCUT2D eigenvalue weighted by atomic mass is 16.5. The second-order valence-electron chi connectivity index (χ2n) is 7.42. The lowest BCUT2D eigenvalue weighted by Gasteiger charge is -2.20. The molecule has 32 heavy (non-hydrogen) atoms. The van der Waals surface area contributed by atoms with Gasteiger partial charge in [-0.3, -0.25) is 4.79 Å². The highest BCUT2D eigenvalue weighted by molar-refractivity contribution is 5.99. The maximum absolute atomic E-state index is 13.3. The van der Waals surface area contributed by atoms with E-state index in [9.17, 15) is 4.79 Å². The number of carbonyl (C=O) groups is 1. The molecule has 3 nitrogen and oxygen atoms in total. The quantitative estimate of drug-likeness (QED) is 0.371. The summed E-state index contributed by atoms with van der Waals surface area (Å²) in [5.74, 6) is 0.625. The van der Waals surface area contributed by atoms with Crippen LogP contribution in [0.5, 0.6) is 5.75 Å². The number of rotatable bonds is 7. The Bertz CT molecular complexity index is 1130. The monoisotopic (exact) mass is 419 g/mol. The third kappa shape index (κ3) is 5.13. The Balaban J connectivity index is 1.69. The fraction of sp³-hybridized carbons (Fsp3) is 0.0690. The van der Waals surface area contributed by atoms with Crippen LogP contribution < -0.4 is 10.1 Å². The van der Waals surface area contributed by atoms with Gasteiger partial charge in [0.1, 0.15) is 5.75 Å². The van der Waals surface area contributed by atoms with E-state index in [-0.39, 0.29) is 11.9 Å². The van der Waals surface area contributed by atoms with Crippen LogP contribution in [0.4, 0.5) is 0 Å². The zero-order valence-electron chi connectivity index (χ0n) is 17.9. The summed E-state index contributed by atoms with van der Waals surface area (Å²) < 4.78 is 5.29.